The number of ether oxygens (including phenoxy) is 2. The lowest BCUT2D eigenvalue weighted by Gasteiger charge is -2.31. The van der Waals surface area contributed by atoms with Crippen LogP contribution in [0.4, 0.5) is 0 Å². The molecule has 0 amide bonds. The Bertz CT molecular complexity index is 196. The molecule has 2 fully saturated rings. The highest BCUT2D eigenvalue weighted by Crippen LogP contribution is 2.39. The molecule has 2 aliphatic rings. The molecule has 1 saturated carbocycles. The van der Waals surface area contributed by atoms with Crippen molar-refractivity contribution in [3.05, 3.63) is 0 Å². The zero-order chi connectivity index (χ0) is 9.31. The first kappa shape index (κ1) is 9.16. The molecule has 3 heteroatoms. The fraction of sp³-hybridized carbons (Fsp3) is 0.900. The van der Waals surface area contributed by atoms with E-state index in [-0.39, 0.29) is 12.2 Å². The summed E-state index contributed by atoms with van der Waals surface area (Å²) in [5.74, 6) is -0.413. The van der Waals surface area contributed by atoms with Crippen LogP contribution in [0, 0.1) is 0 Å². The van der Waals surface area contributed by atoms with Crippen LogP contribution in [0.1, 0.15) is 39.0 Å². The van der Waals surface area contributed by atoms with Gasteiger partial charge in [0, 0.05) is 12.8 Å². The van der Waals surface area contributed by atoms with Crippen molar-refractivity contribution in [3.8, 4) is 0 Å². The van der Waals surface area contributed by atoms with E-state index in [1.165, 1.54) is 6.42 Å². The van der Waals surface area contributed by atoms with E-state index < -0.39 is 5.79 Å². The highest BCUT2D eigenvalue weighted by molar-refractivity contribution is 5.57. The van der Waals surface area contributed by atoms with Gasteiger partial charge in [0.05, 0.1) is 6.10 Å². The summed E-state index contributed by atoms with van der Waals surface area (Å²) in [4.78, 5) is 10.6. The Morgan fingerprint density at radius 3 is 2.46 bits per heavy atom. The lowest BCUT2D eigenvalue weighted by molar-refractivity contribution is -0.192. The van der Waals surface area contributed by atoms with Crippen molar-refractivity contribution in [3.63, 3.8) is 0 Å². The Kier molecular flexibility index (Phi) is 2.39. The second-order valence-corrected chi connectivity index (χ2v) is 4.01. The van der Waals surface area contributed by atoms with E-state index in [0.717, 1.165) is 32.0 Å². The van der Waals surface area contributed by atoms with Crippen molar-refractivity contribution in [2.75, 3.05) is 0 Å². The van der Waals surface area contributed by atoms with E-state index in [9.17, 15) is 4.79 Å². The van der Waals surface area contributed by atoms with Gasteiger partial charge in [-0.25, -0.2) is 0 Å². The van der Waals surface area contributed by atoms with Crippen LogP contribution in [-0.2, 0) is 14.3 Å². The number of carbonyl (C=O) groups excluding carboxylic acids is 1. The summed E-state index contributed by atoms with van der Waals surface area (Å²) in [6, 6.07) is 0. The summed E-state index contributed by atoms with van der Waals surface area (Å²) in [6.45, 7) is 1.91. The summed E-state index contributed by atoms with van der Waals surface area (Å²) >= 11 is 0. The molecule has 13 heavy (non-hydrogen) atoms. The summed E-state index contributed by atoms with van der Waals surface area (Å²) in [6.07, 6.45) is 5.89. The minimum atomic E-state index is -0.413. The first-order valence-electron chi connectivity index (χ1n) is 5.07. The minimum absolute atomic E-state index is 0.0735. The highest BCUT2D eigenvalue weighted by atomic mass is 16.8. The van der Waals surface area contributed by atoms with Gasteiger partial charge in [-0.3, -0.25) is 0 Å². The van der Waals surface area contributed by atoms with E-state index in [1.54, 1.807) is 0 Å². The molecule has 0 aromatic carbocycles. The minimum Gasteiger partial charge on any atom is -0.344 e. The van der Waals surface area contributed by atoms with Crippen LogP contribution in [-0.4, -0.2) is 24.3 Å². The molecule has 0 N–H and O–H groups in total. The van der Waals surface area contributed by atoms with Crippen molar-refractivity contribution in [1.82, 2.24) is 0 Å². The number of rotatable bonds is 1. The summed E-state index contributed by atoms with van der Waals surface area (Å²) in [7, 11) is 0. The monoisotopic (exact) mass is 184 g/mol. The Labute approximate surface area is 78.4 Å². The summed E-state index contributed by atoms with van der Waals surface area (Å²) in [5.41, 5.74) is 0. The smallest absolute Gasteiger partial charge is 0.169 e. The van der Waals surface area contributed by atoms with E-state index in [4.69, 9.17) is 9.47 Å². The van der Waals surface area contributed by atoms with Crippen molar-refractivity contribution in [2.45, 2.75) is 57.0 Å². The molecular formula is C10H16O3. The first-order valence-corrected chi connectivity index (χ1v) is 5.07. The van der Waals surface area contributed by atoms with Crippen LogP contribution in [0.25, 0.3) is 0 Å². The van der Waals surface area contributed by atoms with E-state index in [2.05, 4.69) is 0 Å². The first-order chi connectivity index (χ1) is 6.26. The molecule has 2 atom stereocenters. The van der Waals surface area contributed by atoms with Gasteiger partial charge in [-0.2, -0.15) is 0 Å². The average molecular weight is 184 g/mol. The van der Waals surface area contributed by atoms with Crippen LogP contribution in [0.15, 0.2) is 0 Å². The van der Waals surface area contributed by atoms with Gasteiger partial charge in [-0.15, -0.1) is 0 Å². The molecule has 2 rings (SSSR count). The van der Waals surface area contributed by atoms with Gasteiger partial charge in [-0.1, -0.05) is 6.42 Å². The van der Waals surface area contributed by atoms with Crippen LogP contribution < -0.4 is 0 Å². The van der Waals surface area contributed by atoms with Gasteiger partial charge in [0.2, 0.25) is 0 Å². The van der Waals surface area contributed by atoms with Crippen LogP contribution >= 0.6 is 0 Å². The van der Waals surface area contributed by atoms with Gasteiger partial charge >= 0.3 is 0 Å². The Morgan fingerprint density at radius 2 is 1.92 bits per heavy atom. The predicted octanol–water partition coefficient (Wildman–Crippen LogP) is 1.65. The molecule has 0 aromatic heterocycles. The summed E-state index contributed by atoms with van der Waals surface area (Å²) < 4.78 is 11.4. The lowest BCUT2D eigenvalue weighted by Crippen LogP contribution is -2.33. The number of hydrogen-bond donors (Lipinski definition) is 0. The fourth-order valence-corrected chi connectivity index (χ4v) is 2.24. The Hall–Kier alpha value is -0.410. The summed E-state index contributed by atoms with van der Waals surface area (Å²) in [5, 5.41) is 0. The Balaban J connectivity index is 2.04. The second-order valence-electron chi connectivity index (χ2n) is 4.01. The van der Waals surface area contributed by atoms with Crippen LogP contribution in [0.5, 0.6) is 0 Å². The van der Waals surface area contributed by atoms with Gasteiger partial charge in [-0.05, 0) is 19.8 Å². The third-order valence-corrected chi connectivity index (χ3v) is 2.96. The maximum absolute atomic E-state index is 10.6. The molecule has 0 radical (unpaired) electrons. The average Bonchev–Trinajstić information content (AvgIpc) is 2.44. The molecule has 1 spiro atoms. The molecular weight excluding hydrogens is 168 g/mol. The third kappa shape index (κ3) is 1.63. The number of carbonyl (C=O) groups is 1. The third-order valence-electron chi connectivity index (χ3n) is 2.96. The molecule has 1 aliphatic carbocycles. The molecule has 0 unspecified atom stereocenters. The molecule has 1 saturated heterocycles. The van der Waals surface area contributed by atoms with Crippen molar-refractivity contribution >= 4 is 6.29 Å². The zero-order valence-electron chi connectivity index (χ0n) is 7.99. The van der Waals surface area contributed by atoms with Crippen molar-refractivity contribution in [2.24, 2.45) is 0 Å². The Morgan fingerprint density at radius 1 is 1.23 bits per heavy atom. The van der Waals surface area contributed by atoms with Gasteiger partial charge in [0.1, 0.15) is 6.10 Å². The van der Waals surface area contributed by atoms with Crippen molar-refractivity contribution in [1.29, 1.82) is 0 Å². The van der Waals surface area contributed by atoms with E-state index >= 15 is 0 Å². The SMILES string of the molecule is C[C@@H]1OC2(CCCCC2)O[C@@H]1C=O. The van der Waals surface area contributed by atoms with Gasteiger partial charge < -0.3 is 14.3 Å². The number of aldehydes is 1. The molecule has 74 valence electrons. The van der Waals surface area contributed by atoms with E-state index in [0.29, 0.717) is 0 Å². The highest BCUT2D eigenvalue weighted by Gasteiger charge is 2.45. The normalized spacial score (nSPS) is 37.9. The van der Waals surface area contributed by atoms with Crippen molar-refractivity contribution < 1.29 is 14.3 Å². The quantitative estimate of drug-likeness (QED) is 0.581. The topological polar surface area (TPSA) is 35.5 Å². The molecule has 3 nitrogen and oxygen atoms in total. The molecule has 0 aromatic rings. The zero-order valence-corrected chi connectivity index (χ0v) is 7.99. The fourth-order valence-electron chi connectivity index (χ4n) is 2.24. The molecule has 1 heterocycles. The van der Waals surface area contributed by atoms with E-state index in [1.807, 2.05) is 6.92 Å². The largest absolute Gasteiger partial charge is 0.344 e. The molecule has 1 aliphatic heterocycles. The maximum atomic E-state index is 10.6. The van der Waals surface area contributed by atoms with Gasteiger partial charge in [0.15, 0.2) is 12.1 Å². The predicted molar refractivity (Wildman–Crippen MR) is 47.3 cm³/mol. The second kappa shape index (κ2) is 3.39. The number of hydrogen-bond acceptors (Lipinski definition) is 3. The van der Waals surface area contributed by atoms with Crippen LogP contribution in [0.2, 0.25) is 0 Å². The van der Waals surface area contributed by atoms with Gasteiger partial charge in [0.25, 0.3) is 0 Å². The standard InChI is InChI=1S/C10H16O3/c1-8-9(7-11)13-10(12-8)5-3-2-4-6-10/h7-9H,2-6H2,1H3/t8-,9+/m0/s1. The maximum Gasteiger partial charge on any atom is 0.169 e. The van der Waals surface area contributed by atoms with Crippen LogP contribution in [0.3, 0.4) is 0 Å². The molecule has 0 bridgehead atoms. The lowest BCUT2D eigenvalue weighted by atomic mass is 9.94.